The summed E-state index contributed by atoms with van der Waals surface area (Å²) in [6.07, 6.45) is 1.19. The van der Waals surface area contributed by atoms with Crippen molar-refractivity contribution in [3.8, 4) is 5.75 Å². The molecule has 1 aliphatic rings. The largest absolute Gasteiger partial charge is 0.492 e. The standard InChI is InChI=1S/C21H30N2O4/c1-5-18-15(4)13-23(20(18)24)10-11-27-17-8-6-16(7-9-17)12-19(21(25)26)22-14(2)3/h6-9,14,19,22H,5,10-13H2,1-4H3,(H,25,26). The number of carboxylic acid groups (broad SMARTS) is 1. The van der Waals surface area contributed by atoms with Crippen molar-refractivity contribution in [2.24, 2.45) is 0 Å². The molecular formula is C21H30N2O4. The van der Waals surface area contributed by atoms with Crippen molar-refractivity contribution in [3.63, 3.8) is 0 Å². The van der Waals surface area contributed by atoms with Crippen LogP contribution in [0.3, 0.4) is 0 Å². The number of hydrogen-bond donors (Lipinski definition) is 2. The number of nitrogens with one attached hydrogen (secondary N) is 1. The van der Waals surface area contributed by atoms with E-state index >= 15 is 0 Å². The lowest BCUT2D eigenvalue weighted by atomic mass is 10.1. The zero-order valence-electron chi connectivity index (χ0n) is 16.6. The minimum absolute atomic E-state index is 0.105. The molecule has 1 unspecified atom stereocenters. The smallest absolute Gasteiger partial charge is 0.321 e. The number of aliphatic carboxylic acids is 1. The molecule has 0 radical (unpaired) electrons. The first-order valence-corrected chi connectivity index (χ1v) is 9.50. The summed E-state index contributed by atoms with van der Waals surface area (Å²) in [6.45, 7) is 9.54. The van der Waals surface area contributed by atoms with Gasteiger partial charge in [0.05, 0.1) is 6.54 Å². The predicted octanol–water partition coefficient (Wildman–Crippen LogP) is 2.63. The third-order valence-corrected chi connectivity index (χ3v) is 4.67. The molecule has 2 N–H and O–H groups in total. The van der Waals surface area contributed by atoms with Crippen LogP contribution in [0.1, 0.15) is 39.7 Å². The summed E-state index contributed by atoms with van der Waals surface area (Å²) in [5, 5.41) is 12.4. The fourth-order valence-electron chi connectivity index (χ4n) is 3.31. The molecule has 1 aromatic carbocycles. The summed E-state index contributed by atoms with van der Waals surface area (Å²) in [5.74, 6) is -0.0181. The van der Waals surface area contributed by atoms with Gasteiger partial charge in [-0.1, -0.05) is 32.9 Å². The fraction of sp³-hybridized carbons (Fsp3) is 0.524. The number of rotatable bonds is 10. The summed E-state index contributed by atoms with van der Waals surface area (Å²) < 4.78 is 5.75. The van der Waals surface area contributed by atoms with Crippen LogP contribution in [0.2, 0.25) is 0 Å². The van der Waals surface area contributed by atoms with Gasteiger partial charge in [0.15, 0.2) is 0 Å². The minimum Gasteiger partial charge on any atom is -0.492 e. The van der Waals surface area contributed by atoms with Crippen LogP contribution in [0, 0.1) is 0 Å². The second kappa shape index (κ2) is 9.55. The monoisotopic (exact) mass is 374 g/mol. The molecule has 0 aromatic heterocycles. The van der Waals surface area contributed by atoms with Gasteiger partial charge in [0.25, 0.3) is 0 Å². The molecular weight excluding hydrogens is 344 g/mol. The van der Waals surface area contributed by atoms with Gasteiger partial charge < -0.3 is 20.1 Å². The van der Waals surface area contributed by atoms with Crippen molar-refractivity contribution in [1.82, 2.24) is 10.2 Å². The van der Waals surface area contributed by atoms with E-state index in [1.54, 1.807) is 0 Å². The molecule has 1 amide bonds. The van der Waals surface area contributed by atoms with Gasteiger partial charge in [0.2, 0.25) is 5.91 Å². The second-order valence-electron chi connectivity index (χ2n) is 7.25. The first kappa shape index (κ1) is 21.0. The minimum atomic E-state index is -0.852. The van der Waals surface area contributed by atoms with Crippen LogP contribution >= 0.6 is 0 Å². The van der Waals surface area contributed by atoms with E-state index in [4.69, 9.17) is 4.74 Å². The van der Waals surface area contributed by atoms with Crippen LogP contribution in [0.25, 0.3) is 0 Å². The number of carboxylic acids is 1. The van der Waals surface area contributed by atoms with Gasteiger partial charge in [-0.15, -0.1) is 0 Å². The topological polar surface area (TPSA) is 78.9 Å². The van der Waals surface area contributed by atoms with E-state index in [1.165, 1.54) is 0 Å². The van der Waals surface area contributed by atoms with E-state index in [1.807, 2.05) is 56.9 Å². The number of benzene rings is 1. The highest BCUT2D eigenvalue weighted by Gasteiger charge is 2.26. The quantitative estimate of drug-likeness (QED) is 0.658. The number of amides is 1. The van der Waals surface area contributed by atoms with Crippen molar-refractivity contribution in [2.45, 2.75) is 52.6 Å². The summed E-state index contributed by atoms with van der Waals surface area (Å²) in [6, 6.07) is 6.95. The summed E-state index contributed by atoms with van der Waals surface area (Å²) >= 11 is 0. The summed E-state index contributed by atoms with van der Waals surface area (Å²) in [5.41, 5.74) is 3.00. The molecule has 0 saturated heterocycles. The van der Waals surface area contributed by atoms with Crippen molar-refractivity contribution < 1.29 is 19.4 Å². The van der Waals surface area contributed by atoms with Gasteiger partial charge in [0, 0.05) is 18.2 Å². The molecule has 0 aliphatic carbocycles. The Hall–Kier alpha value is -2.34. The van der Waals surface area contributed by atoms with Crippen LogP contribution in [0.5, 0.6) is 5.75 Å². The first-order chi connectivity index (χ1) is 12.8. The maximum Gasteiger partial charge on any atom is 0.321 e. The Morgan fingerprint density at radius 3 is 2.48 bits per heavy atom. The third-order valence-electron chi connectivity index (χ3n) is 4.67. The average molecular weight is 374 g/mol. The highest BCUT2D eigenvalue weighted by atomic mass is 16.5. The van der Waals surface area contributed by atoms with Crippen LogP contribution in [0.4, 0.5) is 0 Å². The van der Waals surface area contributed by atoms with E-state index in [2.05, 4.69) is 5.32 Å². The van der Waals surface area contributed by atoms with Gasteiger partial charge in [0.1, 0.15) is 18.4 Å². The Labute approximate surface area is 161 Å². The molecule has 1 atom stereocenters. The van der Waals surface area contributed by atoms with Crippen molar-refractivity contribution >= 4 is 11.9 Å². The van der Waals surface area contributed by atoms with E-state index in [0.717, 1.165) is 28.9 Å². The zero-order chi connectivity index (χ0) is 20.0. The van der Waals surface area contributed by atoms with Gasteiger partial charge in [-0.25, -0.2) is 0 Å². The SMILES string of the molecule is CCC1=C(C)CN(CCOc2ccc(CC(NC(C)C)C(=O)O)cc2)C1=O. The van der Waals surface area contributed by atoms with E-state index in [9.17, 15) is 14.7 Å². The molecule has 0 fully saturated rings. The molecule has 27 heavy (non-hydrogen) atoms. The van der Waals surface area contributed by atoms with Gasteiger partial charge in [-0.2, -0.15) is 0 Å². The lowest BCUT2D eigenvalue weighted by Gasteiger charge is -2.18. The molecule has 6 heteroatoms. The van der Waals surface area contributed by atoms with E-state index < -0.39 is 12.0 Å². The second-order valence-corrected chi connectivity index (χ2v) is 7.25. The third kappa shape index (κ3) is 5.82. The van der Waals surface area contributed by atoms with Gasteiger partial charge in [-0.3, -0.25) is 9.59 Å². The Morgan fingerprint density at radius 1 is 1.30 bits per heavy atom. The van der Waals surface area contributed by atoms with Crippen LogP contribution in [-0.4, -0.2) is 53.7 Å². The number of carbonyl (C=O) groups is 2. The maximum atomic E-state index is 12.2. The fourth-order valence-corrected chi connectivity index (χ4v) is 3.31. The molecule has 148 valence electrons. The number of hydrogen-bond acceptors (Lipinski definition) is 4. The molecule has 0 saturated carbocycles. The molecule has 6 nitrogen and oxygen atoms in total. The van der Waals surface area contributed by atoms with Crippen molar-refractivity contribution in [2.75, 3.05) is 19.7 Å². The summed E-state index contributed by atoms with van der Waals surface area (Å²) in [7, 11) is 0. The van der Waals surface area contributed by atoms with Crippen LogP contribution in [0.15, 0.2) is 35.4 Å². The lowest BCUT2D eigenvalue weighted by Crippen LogP contribution is -2.42. The zero-order valence-corrected chi connectivity index (χ0v) is 16.6. The molecule has 1 aromatic rings. The van der Waals surface area contributed by atoms with Crippen LogP contribution < -0.4 is 10.1 Å². The van der Waals surface area contributed by atoms with Crippen LogP contribution in [-0.2, 0) is 16.0 Å². The normalized spacial score (nSPS) is 15.6. The Kier molecular flexibility index (Phi) is 7.42. The average Bonchev–Trinajstić information content (AvgIpc) is 2.88. The highest BCUT2D eigenvalue weighted by Crippen LogP contribution is 2.21. The van der Waals surface area contributed by atoms with E-state index in [-0.39, 0.29) is 11.9 Å². The van der Waals surface area contributed by atoms with Gasteiger partial charge in [-0.05, 0) is 43.0 Å². The van der Waals surface area contributed by atoms with E-state index in [0.29, 0.717) is 26.1 Å². The number of ether oxygens (including phenoxy) is 1. The Bertz CT molecular complexity index is 695. The summed E-state index contributed by atoms with van der Waals surface area (Å²) in [4.78, 5) is 25.4. The predicted molar refractivity (Wildman–Crippen MR) is 105 cm³/mol. The highest BCUT2D eigenvalue weighted by molar-refractivity contribution is 5.96. The maximum absolute atomic E-state index is 12.2. The van der Waals surface area contributed by atoms with Crippen molar-refractivity contribution in [1.29, 1.82) is 0 Å². The molecule has 0 spiro atoms. The first-order valence-electron chi connectivity index (χ1n) is 9.50. The molecule has 0 bridgehead atoms. The Balaban J connectivity index is 1.82. The molecule has 1 aliphatic heterocycles. The van der Waals surface area contributed by atoms with Crippen molar-refractivity contribution in [3.05, 3.63) is 41.0 Å². The lowest BCUT2D eigenvalue weighted by molar-refractivity contribution is -0.139. The number of nitrogens with zero attached hydrogens (tertiary/aromatic N) is 1. The molecule has 1 heterocycles. The number of carbonyl (C=O) groups excluding carboxylic acids is 1. The molecule has 2 rings (SSSR count). The van der Waals surface area contributed by atoms with Gasteiger partial charge >= 0.3 is 5.97 Å². The Morgan fingerprint density at radius 2 is 1.96 bits per heavy atom.